The Kier molecular flexibility index (Phi) is 4.39. The maximum atomic E-state index is 3.32. The van der Waals surface area contributed by atoms with Gasteiger partial charge in [-0.1, -0.05) is 25.1 Å². The predicted molar refractivity (Wildman–Crippen MR) is 88.3 cm³/mol. The van der Waals surface area contributed by atoms with Crippen LogP contribution in [0.2, 0.25) is 0 Å². The molecule has 1 N–H and O–H groups in total. The summed E-state index contributed by atoms with van der Waals surface area (Å²) in [6.45, 7) is 6.99. The zero-order valence-electron chi connectivity index (χ0n) is 12.5. The number of rotatable bonds is 4. The van der Waals surface area contributed by atoms with Gasteiger partial charge in [0.05, 0.1) is 0 Å². The second-order valence-electron chi connectivity index (χ2n) is 6.01. The van der Waals surface area contributed by atoms with Crippen LogP contribution in [0.1, 0.15) is 30.2 Å². The fourth-order valence-electron chi connectivity index (χ4n) is 3.28. The lowest BCUT2D eigenvalue weighted by Crippen LogP contribution is -2.34. The molecule has 1 aliphatic heterocycles. The van der Waals surface area contributed by atoms with Gasteiger partial charge in [-0.15, -0.1) is 11.3 Å². The molecular formula is C17H24N2S. The quantitative estimate of drug-likeness (QED) is 0.919. The van der Waals surface area contributed by atoms with E-state index in [1.165, 1.54) is 40.9 Å². The van der Waals surface area contributed by atoms with Crippen LogP contribution in [-0.4, -0.2) is 25.0 Å². The summed E-state index contributed by atoms with van der Waals surface area (Å²) < 4.78 is 1.43. The third-order valence-electron chi connectivity index (χ3n) is 4.24. The lowest BCUT2D eigenvalue weighted by molar-refractivity contribution is 0.177. The molecule has 0 saturated carbocycles. The zero-order chi connectivity index (χ0) is 13.9. The molecule has 0 bridgehead atoms. The van der Waals surface area contributed by atoms with Crippen LogP contribution in [0.4, 0.5) is 0 Å². The molecule has 1 aliphatic rings. The van der Waals surface area contributed by atoms with E-state index < -0.39 is 0 Å². The lowest BCUT2D eigenvalue weighted by atomic mass is 9.99. The average molecular weight is 288 g/mol. The summed E-state index contributed by atoms with van der Waals surface area (Å²) in [7, 11) is 2.04. The van der Waals surface area contributed by atoms with Gasteiger partial charge >= 0.3 is 0 Å². The molecule has 1 unspecified atom stereocenters. The molecule has 1 aromatic carbocycles. The van der Waals surface area contributed by atoms with Crippen molar-refractivity contribution in [1.82, 2.24) is 10.2 Å². The number of hydrogen-bond donors (Lipinski definition) is 1. The maximum Gasteiger partial charge on any atom is 0.0349 e. The number of nitrogens with zero attached hydrogens (tertiary/aromatic N) is 1. The van der Waals surface area contributed by atoms with E-state index in [2.05, 4.69) is 41.4 Å². The van der Waals surface area contributed by atoms with E-state index in [0.29, 0.717) is 0 Å². The Balaban J connectivity index is 1.90. The first-order valence-electron chi connectivity index (χ1n) is 7.64. The van der Waals surface area contributed by atoms with E-state index in [1.807, 2.05) is 18.4 Å². The highest BCUT2D eigenvalue weighted by molar-refractivity contribution is 7.19. The number of piperidine rings is 1. The topological polar surface area (TPSA) is 15.3 Å². The summed E-state index contributed by atoms with van der Waals surface area (Å²) in [4.78, 5) is 4.15. The van der Waals surface area contributed by atoms with Crippen molar-refractivity contribution in [3.05, 3.63) is 34.7 Å². The van der Waals surface area contributed by atoms with Gasteiger partial charge < -0.3 is 5.32 Å². The van der Waals surface area contributed by atoms with Crippen molar-refractivity contribution >= 4 is 21.4 Å². The first kappa shape index (κ1) is 14.1. The van der Waals surface area contributed by atoms with Gasteiger partial charge in [0.25, 0.3) is 0 Å². The van der Waals surface area contributed by atoms with Gasteiger partial charge in [-0.05, 0) is 49.4 Å². The van der Waals surface area contributed by atoms with Gasteiger partial charge in [0.2, 0.25) is 0 Å². The van der Waals surface area contributed by atoms with E-state index >= 15 is 0 Å². The molecular weight excluding hydrogens is 264 g/mol. The molecule has 108 valence electrons. The van der Waals surface area contributed by atoms with Crippen LogP contribution in [0.25, 0.3) is 10.1 Å². The summed E-state index contributed by atoms with van der Waals surface area (Å²) in [5.74, 6) is 0.849. The molecule has 1 aromatic heterocycles. The molecule has 2 heterocycles. The summed E-state index contributed by atoms with van der Waals surface area (Å²) in [6, 6.07) is 8.85. The van der Waals surface area contributed by atoms with Crippen LogP contribution < -0.4 is 5.32 Å². The molecule has 3 heteroatoms. The van der Waals surface area contributed by atoms with Crippen molar-refractivity contribution < 1.29 is 0 Å². The normalized spacial score (nSPS) is 20.6. The van der Waals surface area contributed by atoms with Gasteiger partial charge in [0, 0.05) is 29.2 Å². The van der Waals surface area contributed by atoms with Crippen LogP contribution in [0.15, 0.2) is 24.3 Å². The van der Waals surface area contributed by atoms with Crippen molar-refractivity contribution in [2.24, 2.45) is 5.92 Å². The highest BCUT2D eigenvalue weighted by atomic mass is 32.1. The summed E-state index contributed by atoms with van der Waals surface area (Å²) >= 11 is 1.95. The number of hydrogen-bond acceptors (Lipinski definition) is 3. The zero-order valence-corrected chi connectivity index (χ0v) is 13.3. The minimum atomic E-state index is 0.849. The Morgan fingerprint density at radius 1 is 1.35 bits per heavy atom. The average Bonchev–Trinajstić information content (AvgIpc) is 2.78. The summed E-state index contributed by atoms with van der Waals surface area (Å²) in [5.41, 5.74) is 1.55. The molecule has 20 heavy (non-hydrogen) atoms. The van der Waals surface area contributed by atoms with Gasteiger partial charge in [0.15, 0.2) is 0 Å². The Hall–Kier alpha value is -0.900. The third-order valence-corrected chi connectivity index (χ3v) is 5.46. The minimum Gasteiger partial charge on any atom is -0.315 e. The number of nitrogens with one attached hydrogen (secondary N) is 1. The van der Waals surface area contributed by atoms with Gasteiger partial charge in [-0.25, -0.2) is 0 Å². The first-order chi connectivity index (χ1) is 9.78. The molecule has 1 saturated heterocycles. The molecule has 0 amide bonds. The molecule has 1 fully saturated rings. The maximum absolute atomic E-state index is 3.32. The molecule has 3 rings (SSSR count). The van der Waals surface area contributed by atoms with Crippen molar-refractivity contribution in [2.45, 2.75) is 32.9 Å². The monoisotopic (exact) mass is 288 g/mol. The largest absolute Gasteiger partial charge is 0.315 e. The fraction of sp³-hybridized carbons (Fsp3) is 0.529. The second-order valence-corrected chi connectivity index (χ2v) is 7.15. The molecule has 2 aromatic rings. The van der Waals surface area contributed by atoms with Crippen LogP contribution >= 0.6 is 11.3 Å². The smallest absolute Gasteiger partial charge is 0.0349 e. The van der Waals surface area contributed by atoms with Gasteiger partial charge in [-0.3, -0.25) is 4.90 Å². The lowest BCUT2D eigenvalue weighted by Gasteiger charge is -2.31. The molecule has 1 atom stereocenters. The minimum absolute atomic E-state index is 0.849. The Labute approximate surface area is 125 Å². The summed E-state index contributed by atoms with van der Waals surface area (Å²) in [6.07, 6.45) is 2.74. The fourth-order valence-corrected chi connectivity index (χ4v) is 4.51. The first-order valence-corrected chi connectivity index (χ1v) is 8.46. The molecule has 0 spiro atoms. The third kappa shape index (κ3) is 2.90. The van der Waals surface area contributed by atoms with Crippen LogP contribution in [0, 0.1) is 5.92 Å². The number of fused-ring (bicyclic) bond motifs is 1. The number of benzene rings is 1. The van der Waals surface area contributed by atoms with Crippen LogP contribution in [0.3, 0.4) is 0 Å². The van der Waals surface area contributed by atoms with Crippen molar-refractivity contribution in [3.63, 3.8) is 0 Å². The van der Waals surface area contributed by atoms with Crippen molar-refractivity contribution in [2.75, 3.05) is 20.1 Å². The van der Waals surface area contributed by atoms with Crippen molar-refractivity contribution in [1.29, 1.82) is 0 Å². The highest BCUT2D eigenvalue weighted by Gasteiger charge is 2.19. The Morgan fingerprint density at radius 2 is 2.20 bits per heavy atom. The van der Waals surface area contributed by atoms with E-state index in [0.717, 1.165) is 19.0 Å². The van der Waals surface area contributed by atoms with E-state index in [4.69, 9.17) is 0 Å². The van der Waals surface area contributed by atoms with Gasteiger partial charge in [-0.2, -0.15) is 0 Å². The SMILES string of the molecule is CNCc1sc2ccccc2c1CN1CCCC(C)C1. The molecule has 0 aliphatic carbocycles. The summed E-state index contributed by atoms with van der Waals surface area (Å²) in [5, 5.41) is 4.78. The number of thiophene rings is 1. The van der Waals surface area contributed by atoms with E-state index in [1.54, 1.807) is 5.56 Å². The predicted octanol–water partition coefficient (Wildman–Crippen LogP) is 3.85. The van der Waals surface area contributed by atoms with Crippen molar-refractivity contribution in [3.8, 4) is 0 Å². The van der Waals surface area contributed by atoms with E-state index in [9.17, 15) is 0 Å². The highest BCUT2D eigenvalue weighted by Crippen LogP contribution is 2.33. The van der Waals surface area contributed by atoms with E-state index in [-0.39, 0.29) is 0 Å². The van der Waals surface area contributed by atoms with Gasteiger partial charge in [0.1, 0.15) is 0 Å². The number of likely N-dealkylation sites (tertiary alicyclic amines) is 1. The molecule has 0 radical (unpaired) electrons. The Morgan fingerprint density at radius 3 is 3.00 bits per heavy atom. The second kappa shape index (κ2) is 6.25. The molecule has 2 nitrogen and oxygen atoms in total. The standard InChI is InChI=1S/C17H24N2S/c1-13-6-5-9-19(11-13)12-15-14-7-3-4-8-16(14)20-17(15)10-18-2/h3-4,7-8,13,18H,5-6,9-12H2,1-2H3. The van der Waals surface area contributed by atoms with Crippen LogP contribution in [-0.2, 0) is 13.1 Å². The Bertz CT molecular complexity index is 575. The van der Waals surface area contributed by atoms with Crippen LogP contribution in [0.5, 0.6) is 0 Å².